The molecule has 29 heavy (non-hydrogen) atoms. The van der Waals surface area contributed by atoms with Crippen LogP contribution in [0.2, 0.25) is 0 Å². The third kappa shape index (κ3) is 5.71. The van der Waals surface area contributed by atoms with Crippen molar-refractivity contribution in [3.63, 3.8) is 0 Å². The number of amides is 2. The second-order valence-corrected chi connectivity index (χ2v) is 8.02. The van der Waals surface area contributed by atoms with Crippen molar-refractivity contribution in [3.05, 3.63) is 54.1 Å². The number of ether oxygens (including phenoxy) is 1. The molecule has 0 radical (unpaired) electrons. The van der Waals surface area contributed by atoms with Gasteiger partial charge in [0.05, 0.1) is 13.2 Å². The Morgan fingerprint density at radius 2 is 1.79 bits per heavy atom. The van der Waals surface area contributed by atoms with E-state index in [1.165, 1.54) is 30.3 Å². The summed E-state index contributed by atoms with van der Waals surface area (Å²) < 4.78 is 35.9. The van der Waals surface area contributed by atoms with Crippen molar-refractivity contribution in [2.75, 3.05) is 13.2 Å². The minimum Gasteiger partial charge on any atom is -0.490 e. The van der Waals surface area contributed by atoms with Gasteiger partial charge < -0.3 is 19.6 Å². The molecule has 0 spiro atoms. The van der Waals surface area contributed by atoms with Crippen LogP contribution in [0.1, 0.15) is 30.1 Å². The highest BCUT2D eigenvalue weighted by Gasteiger charge is 2.24. The lowest BCUT2D eigenvalue weighted by Crippen LogP contribution is -2.37. The van der Waals surface area contributed by atoms with Crippen LogP contribution in [0.15, 0.2) is 53.4 Å². The molecule has 1 aliphatic rings. The summed E-state index contributed by atoms with van der Waals surface area (Å²) in [6.45, 7) is 1.95. The first-order valence-electron chi connectivity index (χ1n) is 9.23. The molecule has 1 fully saturated rings. The molecular formula is C20H22N2O6S. The number of nitrogens with one attached hydrogen (secondary N) is 2. The zero-order valence-corrected chi connectivity index (χ0v) is 16.7. The van der Waals surface area contributed by atoms with E-state index in [9.17, 15) is 18.0 Å². The number of hydrogen-bond acceptors (Lipinski definition) is 6. The normalized spacial score (nSPS) is 13.4. The van der Waals surface area contributed by atoms with Crippen molar-refractivity contribution in [2.45, 2.75) is 30.7 Å². The minimum atomic E-state index is -4.19. The fraction of sp³-hybridized carbons (Fsp3) is 0.300. The average molecular weight is 418 g/mol. The number of hydrogen-bond donors (Lipinski definition) is 2. The van der Waals surface area contributed by atoms with Gasteiger partial charge in [0.2, 0.25) is 5.91 Å². The average Bonchev–Trinajstić information content (AvgIpc) is 3.52. The van der Waals surface area contributed by atoms with Gasteiger partial charge in [-0.2, -0.15) is 8.42 Å². The first-order valence-corrected chi connectivity index (χ1v) is 10.6. The summed E-state index contributed by atoms with van der Waals surface area (Å²) in [5, 5.41) is 5.24. The van der Waals surface area contributed by atoms with E-state index in [0.717, 1.165) is 12.8 Å². The summed E-state index contributed by atoms with van der Waals surface area (Å²) in [6, 6.07) is 12.0. The molecule has 0 unspecified atom stereocenters. The summed E-state index contributed by atoms with van der Waals surface area (Å²) in [5.41, 5.74) is 0.104. The summed E-state index contributed by atoms with van der Waals surface area (Å²) in [7, 11) is -4.19. The molecule has 1 saturated carbocycles. The Bertz CT molecular complexity index is 1000. The second kappa shape index (κ2) is 8.95. The standard InChI is InChI=1S/C20H22N2O6S/c1-2-27-17-8-3-4-9-18(17)28-29(25,26)16-7-5-6-14(12-16)20(24)21-13-19(23)22-15-10-11-15/h3-9,12,15H,2,10-11,13H2,1H3,(H,21,24)(H,22,23). The van der Waals surface area contributed by atoms with Crippen molar-refractivity contribution >= 4 is 21.9 Å². The third-order valence-corrected chi connectivity index (χ3v) is 5.32. The van der Waals surface area contributed by atoms with E-state index < -0.39 is 16.0 Å². The Morgan fingerprint density at radius 1 is 1.07 bits per heavy atom. The van der Waals surface area contributed by atoms with E-state index in [-0.39, 0.29) is 34.7 Å². The molecule has 3 rings (SSSR count). The lowest BCUT2D eigenvalue weighted by atomic mass is 10.2. The van der Waals surface area contributed by atoms with Crippen molar-refractivity contribution in [1.82, 2.24) is 10.6 Å². The van der Waals surface area contributed by atoms with E-state index in [4.69, 9.17) is 8.92 Å². The van der Waals surface area contributed by atoms with Crippen LogP contribution < -0.4 is 19.6 Å². The van der Waals surface area contributed by atoms with Gasteiger partial charge in [-0.1, -0.05) is 18.2 Å². The molecule has 0 atom stereocenters. The number of benzene rings is 2. The molecule has 0 bridgehead atoms. The minimum absolute atomic E-state index is 0.0564. The van der Waals surface area contributed by atoms with Crippen LogP contribution >= 0.6 is 0 Å². The van der Waals surface area contributed by atoms with Crippen LogP contribution in [0.4, 0.5) is 0 Å². The van der Waals surface area contributed by atoms with Gasteiger partial charge in [0.25, 0.3) is 5.91 Å². The number of para-hydroxylation sites is 2. The summed E-state index contributed by atoms with van der Waals surface area (Å²) in [4.78, 5) is 23.8. The van der Waals surface area contributed by atoms with Crippen LogP contribution in [0.3, 0.4) is 0 Å². The van der Waals surface area contributed by atoms with Crippen LogP contribution in [-0.4, -0.2) is 39.4 Å². The van der Waals surface area contributed by atoms with Gasteiger partial charge in [-0.05, 0) is 50.1 Å². The topological polar surface area (TPSA) is 111 Å². The molecule has 1 aliphatic carbocycles. The Labute approximate surface area is 169 Å². The van der Waals surface area contributed by atoms with Crippen LogP contribution in [-0.2, 0) is 14.9 Å². The highest BCUT2D eigenvalue weighted by Crippen LogP contribution is 2.29. The molecule has 0 aliphatic heterocycles. The smallest absolute Gasteiger partial charge is 0.339 e. The molecule has 0 saturated heterocycles. The van der Waals surface area contributed by atoms with Gasteiger partial charge in [0.1, 0.15) is 4.90 Å². The van der Waals surface area contributed by atoms with Crippen molar-refractivity contribution in [1.29, 1.82) is 0 Å². The summed E-state index contributed by atoms with van der Waals surface area (Å²) in [6.07, 6.45) is 1.90. The Balaban J connectivity index is 1.70. The van der Waals surface area contributed by atoms with Crippen molar-refractivity contribution in [3.8, 4) is 11.5 Å². The zero-order valence-electron chi connectivity index (χ0n) is 15.9. The maximum absolute atomic E-state index is 12.7. The largest absolute Gasteiger partial charge is 0.490 e. The van der Waals surface area contributed by atoms with E-state index in [1.54, 1.807) is 25.1 Å². The number of rotatable bonds is 9. The highest BCUT2D eigenvalue weighted by atomic mass is 32.2. The first-order chi connectivity index (χ1) is 13.9. The predicted molar refractivity (Wildman–Crippen MR) is 105 cm³/mol. The van der Waals surface area contributed by atoms with Gasteiger partial charge in [-0.3, -0.25) is 9.59 Å². The summed E-state index contributed by atoms with van der Waals surface area (Å²) in [5.74, 6) is -0.474. The lowest BCUT2D eigenvalue weighted by molar-refractivity contribution is -0.120. The Hall–Kier alpha value is -3.07. The first kappa shape index (κ1) is 20.7. The van der Waals surface area contributed by atoms with Crippen molar-refractivity contribution < 1.29 is 26.9 Å². The Kier molecular flexibility index (Phi) is 6.38. The lowest BCUT2D eigenvalue weighted by Gasteiger charge is -2.12. The van der Waals surface area contributed by atoms with E-state index in [2.05, 4.69) is 10.6 Å². The quantitative estimate of drug-likeness (QED) is 0.602. The van der Waals surface area contributed by atoms with Gasteiger partial charge in [-0.25, -0.2) is 0 Å². The second-order valence-electron chi connectivity index (χ2n) is 6.47. The molecule has 154 valence electrons. The van der Waals surface area contributed by atoms with E-state index in [1.807, 2.05) is 0 Å². The van der Waals surface area contributed by atoms with Crippen LogP contribution in [0.25, 0.3) is 0 Å². The third-order valence-electron chi connectivity index (χ3n) is 4.09. The molecule has 9 heteroatoms. The SMILES string of the molecule is CCOc1ccccc1OS(=O)(=O)c1cccc(C(=O)NCC(=O)NC2CC2)c1. The molecule has 8 nitrogen and oxygen atoms in total. The molecule has 0 aromatic heterocycles. The fourth-order valence-corrected chi connectivity index (χ4v) is 3.51. The van der Waals surface area contributed by atoms with Gasteiger partial charge >= 0.3 is 10.1 Å². The molecule has 0 heterocycles. The van der Waals surface area contributed by atoms with Crippen LogP contribution in [0, 0.1) is 0 Å². The molecular weight excluding hydrogens is 396 g/mol. The monoisotopic (exact) mass is 418 g/mol. The van der Waals surface area contributed by atoms with Gasteiger partial charge in [-0.15, -0.1) is 0 Å². The maximum Gasteiger partial charge on any atom is 0.339 e. The van der Waals surface area contributed by atoms with Crippen LogP contribution in [0.5, 0.6) is 11.5 Å². The fourth-order valence-electron chi connectivity index (χ4n) is 2.52. The highest BCUT2D eigenvalue weighted by molar-refractivity contribution is 7.87. The zero-order chi connectivity index (χ0) is 20.9. The number of carbonyl (C=O) groups is 2. The molecule has 2 aromatic rings. The van der Waals surface area contributed by atoms with E-state index >= 15 is 0 Å². The molecule has 2 amide bonds. The van der Waals surface area contributed by atoms with Gasteiger partial charge in [0.15, 0.2) is 11.5 Å². The van der Waals surface area contributed by atoms with Gasteiger partial charge in [0, 0.05) is 11.6 Å². The number of carbonyl (C=O) groups excluding carboxylic acids is 2. The molecule has 2 N–H and O–H groups in total. The Morgan fingerprint density at radius 3 is 2.48 bits per heavy atom. The summed E-state index contributed by atoms with van der Waals surface area (Å²) >= 11 is 0. The predicted octanol–water partition coefficient (Wildman–Crippen LogP) is 1.86. The van der Waals surface area contributed by atoms with Crippen molar-refractivity contribution in [2.24, 2.45) is 0 Å². The molecule has 2 aromatic carbocycles. The van der Waals surface area contributed by atoms with E-state index in [0.29, 0.717) is 12.4 Å². The maximum atomic E-state index is 12.7.